The van der Waals surface area contributed by atoms with E-state index < -0.39 is 5.60 Å². The molecule has 0 N–H and O–H groups in total. The van der Waals surface area contributed by atoms with Crippen molar-refractivity contribution in [1.29, 1.82) is 5.26 Å². The average molecular weight is 672 g/mol. The lowest BCUT2D eigenvalue weighted by Gasteiger charge is -2.42. The third-order valence-corrected chi connectivity index (χ3v) is 9.49. The molecule has 12 heteroatoms. The molecule has 3 aliphatic rings. The van der Waals surface area contributed by atoms with Crippen LogP contribution in [-0.4, -0.2) is 88.8 Å². The first kappa shape index (κ1) is 33.3. The van der Waals surface area contributed by atoms with Crippen LogP contribution in [0.25, 0.3) is 10.8 Å². The number of amides is 2. The Morgan fingerprint density at radius 2 is 1.85 bits per heavy atom. The molecule has 3 aliphatic heterocycles. The summed E-state index contributed by atoms with van der Waals surface area (Å²) in [6.07, 6.45) is 3.50. The number of ether oxygens (including phenoxy) is 2. The SMILES string of the molecule is C=CC(=O)N1CCN(c2nc(OC[C@@H]3CCCN3C(=O)OC(C)(C)C)nc3c2CCN(c2cccc4cccc(Cl)c24)C3)C[C@@H]1CC#N. The van der Waals surface area contributed by atoms with Crippen molar-refractivity contribution in [3.05, 3.63) is 65.3 Å². The molecular formula is C36H42ClN7O4. The van der Waals surface area contributed by atoms with E-state index in [1.54, 1.807) is 9.80 Å². The molecule has 2 saturated heterocycles. The maximum absolute atomic E-state index is 12.9. The van der Waals surface area contributed by atoms with Crippen LogP contribution in [0.4, 0.5) is 16.3 Å². The fourth-order valence-corrected chi connectivity index (χ4v) is 7.21. The van der Waals surface area contributed by atoms with Crippen LogP contribution in [0.2, 0.25) is 5.02 Å². The maximum atomic E-state index is 12.9. The van der Waals surface area contributed by atoms with Gasteiger partial charge in [-0.25, -0.2) is 4.79 Å². The molecule has 0 bridgehead atoms. The van der Waals surface area contributed by atoms with E-state index in [0.717, 1.165) is 52.9 Å². The fourth-order valence-electron chi connectivity index (χ4n) is 6.94. The average Bonchev–Trinajstić information content (AvgIpc) is 3.55. The largest absolute Gasteiger partial charge is 0.461 e. The summed E-state index contributed by atoms with van der Waals surface area (Å²) in [5.74, 6) is 0.578. The lowest BCUT2D eigenvalue weighted by molar-refractivity contribution is -0.128. The summed E-state index contributed by atoms with van der Waals surface area (Å²) < 4.78 is 12.0. The molecule has 0 saturated carbocycles. The van der Waals surface area contributed by atoms with Crippen molar-refractivity contribution >= 4 is 45.9 Å². The molecule has 6 rings (SSSR count). The molecule has 0 radical (unpaired) electrons. The van der Waals surface area contributed by atoms with Crippen LogP contribution < -0.4 is 14.5 Å². The normalized spacial score (nSPS) is 19.6. The van der Waals surface area contributed by atoms with E-state index in [9.17, 15) is 14.9 Å². The summed E-state index contributed by atoms with van der Waals surface area (Å²) in [5, 5.41) is 12.4. The second-order valence-electron chi connectivity index (χ2n) is 13.5. The first-order chi connectivity index (χ1) is 23.1. The molecule has 0 aliphatic carbocycles. The van der Waals surface area contributed by atoms with Gasteiger partial charge in [0, 0.05) is 49.4 Å². The molecule has 2 atom stereocenters. The number of fused-ring (bicyclic) bond motifs is 2. The molecule has 2 fully saturated rings. The Hall–Kier alpha value is -4.56. The first-order valence-corrected chi connectivity index (χ1v) is 16.9. The van der Waals surface area contributed by atoms with Crippen molar-refractivity contribution < 1.29 is 19.1 Å². The predicted octanol–water partition coefficient (Wildman–Crippen LogP) is 5.74. The Kier molecular flexibility index (Phi) is 9.65. The number of nitriles is 1. The number of hydrogen-bond acceptors (Lipinski definition) is 9. The zero-order valence-electron chi connectivity index (χ0n) is 27.8. The third kappa shape index (κ3) is 6.99. The van der Waals surface area contributed by atoms with Gasteiger partial charge in [0.05, 0.1) is 41.8 Å². The number of hydrogen-bond donors (Lipinski definition) is 0. The molecule has 4 heterocycles. The Morgan fingerprint density at radius 3 is 2.60 bits per heavy atom. The van der Waals surface area contributed by atoms with Gasteiger partial charge in [0.1, 0.15) is 18.0 Å². The number of benzene rings is 2. The lowest BCUT2D eigenvalue weighted by atomic mass is 10.0. The van der Waals surface area contributed by atoms with Gasteiger partial charge in [-0.1, -0.05) is 42.4 Å². The summed E-state index contributed by atoms with van der Waals surface area (Å²) in [4.78, 5) is 43.4. The molecule has 0 spiro atoms. The van der Waals surface area contributed by atoms with Crippen LogP contribution in [0.15, 0.2) is 49.1 Å². The number of nitrogens with zero attached hydrogens (tertiary/aromatic N) is 7. The van der Waals surface area contributed by atoms with E-state index in [2.05, 4.69) is 40.6 Å². The highest BCUT2D eigenvalue weighted by Gasteiger charge is 2.35. The van der Waals surface area contributed by atoms with Gasteiger partial charge in [0.15, 0.2) is 0 Å². The van der Waals surface area contributed by atoms with E-state index in [-0.39, 0.29) is 43.1 Å². The molecule has 11 nitrogen and oxygen atoms in total. The molecule has 0 unspecified atom stereocenters. The highest BCUT2D eigenvalue weighted by Crippen LogP contribution is 2.37. The number of aromatic nitrogens is 2. The number of carbonyl (C=O) groups excluding carboxylic acids is 2. The molecule has 252 valence electrons. The van der Waals surface area contributed by atoms with Crippen LogP contribution in [0, 0.1) is 11.3 Å². The Labute approximate surface area is 286 Å². The van der Waals surface area contributed by atoms with Crippen molar-refractivity contribution in [2.24, 2.45) is 0 Å². The van der Waals surface area contributed by atoms with E-state index in [1.165, 1.54) is 6.08 Å². The third-order valence-electron chi connectivity index (χ3n) is 9.17. The van der Waals surface area contributed by atoms with Crippen LogP contribution in [0.3, 0.4) is 0 Å². The van der Waals surface area contributed by atoms with Crippen molar-refractivity contribution in [3.63, 3.8) is 0 Å². The summed E-state index contributed by atoms with van der Waals surface area (Å²) >= 11 is 6.72. The minimum atomic E-state index is -0.592. The second-order valence-corrected chi connectivity index (χ2v) is 13.9. The number of halogens is 1. The van der Waals surface area contributed by atoms with E-state index in [0.29, 0.717) is 44.2 Å². The van der Waals surface area contributed by atoms with E-state index in [1.807, 2.05) is 39.0 Å². The van der Waals surface area contributed by atoms with E-state index in [4.69, 9.17) is 31.0 Å². The van der Waals surface area contributed by atoms with Gasteiger partial charge in [-0.15, -0.1) is 0 Å². The summed E-state index contributed by atoms with van der Waals surface area (Å²) in [6.45, 7) is 12.8. The zero-order valence-corrected chi connectivity index (χ0v) is 28.6. The van der Waals surface area contributed by atoms with Gasteiger partial charge >= 0.3 is 12.1 Å². The summed E-state index contributed by atoms with van der Waals surface area (Å²) in [5.41, 5.74) is 2.32. The van der Waals surface area contributed by atoms with Crippen LogP contribution >= 0.6 is 11.6 Å². The van der Waals surface area contributed by atoms with Crippen molar-refractivity contribution in [2.75, 3.05) is 49.1 Å². The quantitative estimate of drug-likeness (QED) is 0.290. The number of piperazine rings is 1. The highest BCUT2D eigenvalue weighted by atomic mass is 35.5. The van der Waals surface area contributed by atoms with Crippen molar-refractivity contribution in [3.8, 4) is 12.1 Å². The zero-order chi connectivity index (χ0) is 34.0. The summed E-state index contributed by atoms with van der Waals surface area (Å²) in [6, 6.07) is 14.1. The van der Waals surface area contributed by atoms with Crippen LogP contribution in [0.1, 0.15) is 51.3 Å². The Balaban J connectivity index is 1.31. The topological polar surface area (TPSA) is 115 Å². The maximum Gasteiger partial charge on any atom is 0.410 e. The van der Waals surface area contributed by atoms with Crippen molar-refractivity contribution in [1.82, 2.24) is 19.8 Å². The minimum Gasteiger partial charge on any atom is -0.461 e. The molecule has 48 heavy (non-hydrogen) atoms. The van der Waals surface area contributed by atoms with Gasteiger partial charge in [-0.05, 0) is 63.6 Å². The molecule has 2 aromatic carbocycles. The van der Waals surface area contributed by atoms with Gasteiger partial charge in [0.25, 0.3) is 0 Å². The van der Waals surface area contributed by atoms with Gasteiger partial charge in [0.2, 0.25) is 5.91 Å². The second kappa shape index (κ2) is 13.9. The molecule has 3 aromatic rings. The Bertz CT molecular complexity index is 1750. The molecule has 2 amide bonds. The summed E-state index contributed by atoms with van der Waals surface area (Å²) in [7, 11) is 0. The molecular weight excluding hydrogens is 630 g/mol. The number of carbonyl (C=O) groups is 2. The van der Waals surface area contributed by atoms with Crippen molar-refractivity contribution in [2.45, 2.75) is 70.7 Å². The number of likely N-dealkylation sites (tertiary alicyclic amines) is 1. The molecule has 1 aromatic heterocycles. The monoisotopic (exact) mass is 671 g/mol. The lowest BCUT2D eigenvalue weighted by Crippen LogP contribution is -2.55. The van der Waals surface area contributed by atoms with Crippen LogP contribution in [0.5, 0.6) is 6.01 Å². The highest BCUT2D eigenvalue weighted by molar-refractivity contribution is 6.36. The first-order valence-electron chi connectivity index (χ1n) is 16.6. The van der Waals surface area contributed by atoms with E-state index >= 15 is 0 Å². The standard InChI is InChI=1S/C36H42ClN7O4/c1-5-31(45)43-20-19-42(21-25(43)14-16-38)33-27-15-18-41(30-13-7-10-24-9-6-12-28(37)32(24)30)22-29(27)39-34(40-33)47-23-26-11-8-17-44(26)35(46)48-36(2,3)4/h5-7,9-10,12-13,25-26H,1,8,11,14-15,17-23H2,2-4H3/t25-,26-/m0/s1. The minimum absolute atomic E-state index is 0.161. The Morgan fingerprint density at radius 1 is 1.06 bits per heavy atom. The van der Waals surface area contributed by atoms with Gasteiger partial charge < -0.3 is 29.1 Å². The van der Waals surface area contributed by atoms with Crippen LogP contribution in [-0.2, 0) is 22.5 Å². The predicted molar refractivity (Wildman–Crippen MR) is 185 cm³/mol. The number of anilines is 2. The number of rotatable bonds is 7. The van der Waals surface area contributed by atoms with Gasteiger partial charge in [-0.2, -0.15) is 15.2 Å². The fraction of sp³-hybridized carbons (Fsp3) is 0.472. The van der Waals surface area contributed by atoms with Gasteiger partial charge in [-0.3, -0.25) is 4.79 Å². The smallest absolute Gasteiger partial charge is 0.410 e.